The summed E-state index contributed by atoms with van der Waals surface area (Å²) in [6.45, 7) is 0. The summed E-state index contributed by atoms with van der Waals surface area (Å²) in [7, 11) is 3.12. The van der Waals surface area contributed by atoms with Gasteiger partial charge >= 0.3 is 0 Å². The minimum absolute atomic E-state index is 0.303. The van der Waals surface area contributed by atoms with E-state index in [9.17, 15) is 4.79 Å². The van der Waals surface area contributed by atoms with Crippen molar-refractivity contribution in [2.45, 2.75) is 0 Å². The molecule has 7 heteroatoms. The molecule has 0 unspecified atom stereocenters. The number of hydrogen-bond donors (Lipinski definition) is 1. The largest absolute Gasteiger partial charge is 0.497 e. The van der Waals surface area contributed by atoms with E-state index >= 15 is 0 Å². The van der Waals surface area contributed by atoms with Gasteiger partial charge in [0, 0.05) is 18.5 Å². The van der Waals surface area contributed by atoms with Crippen LogP contribution in [0.1, 0.15) is 10.4 Å². The SMILES string of the molecule is COc1ccc(OC)c(NC(=O)c2cnn(-c3ccccc3)c2-n2cccc2)c1. The standard InChI is InChI=1S/C22H20N4O3/c1-28-17-10-11-20(29-2)19(14-17)24-21(27)18-15-23-26(16-8-4-3-5-9-16)22(18)25-12-6-7-13-25/h3-15H,1-2H3,(H,24,27). The number of rotatable bonds is 6. The Morgan fingerprint density at radius 2 is 1.72 bits per heavy atom. The molecule has 0 spiro atoms. The van der Waals surface area contributed by atoms with E-state index in [1.165, 1.54) is 0 Å². The lowest BCUT2D eigenvalue weighted by Crippen LogP contribution is -2.16. The van der Waals surface area contributed by atoms with Crippen LogP contribution >= 0.6 is 0 Å². The van der Waals surface area contributed by atoms with Crippen LogP contribution in [0.5, 0.6) is 11.5 Å². The average molecular weight is 388 g/mol. The fraction of sp³-hybridized carbons (Fsp3) is 0.0909. The summed E-state index contributed by atoms with van der Waals surface area (Å²) in [5.41, 5.74) is 1.80. The molecule has 0 atom stereocenters. The van der Waals surface area contributed by atoms with Gasteiger partial charge < -0.3 is 19.4 Å². The molecule has 4 rings (SSSR count). The van der Waals surface area contributed by atoms with E-state index < -0.39 is 0 Å². The Hall–Kier alpha value is -4.00. The van der Waals surface area contributed by atoms with Gasteiger partial charge in [0.15, 0.2) is 5.82 Å². The zero-order valence-corrected chi connectivity index (χ0v) is 16.1. The van der Waals surface area contributed by atoms with Crippen LogP contribution in [-0.4, -0.2) is 34.5 Å². The summed E-state index contributed by atoms with van der Waals surface area (Å²) < 4.78 is 14.2. The van der Waals surface area contributed by atoms with E-state index in [4.69, 9.17) is 9.47 Å². The van der Waals surface area contributed by atoms with Crippen molar-refractivity contribution in [3.63, 3.8) is 0 Å². The highest BCUT2D eigenvalue weighted by Crippen LogP contribution is 2.30. The predicted molar refractivity (Wildman–Crippen MR) is 110 cm³/mol. The van der Waals surface area contributed by atoms with Gasteiger partial charge in [0.25, 0.3) is 5.91 Å². The number of amides is 1. The number of hydrogen-bond acceptors (Lipinski definition) is 4. The third-order valence-electron chi connectivity index (χ3n) is 4.49. The van der Waals surface area contributed by atoms with E-state index in [0.717, 1.165) is 5.69 Å². The summed E-state index contributed by atoms with van der Waals surface area (Å²) in [6, 6.07) is 18.7. The Balaban J connectivity index is 1.76. The van der Waals surface area contributed by atoms with Crippen molar-refractivity contribution in [2.75, 3.05) is 19.5 Å². The maximum Gasteiger partial charge on any atom is 0.261 e. The number of nitrogens with zero attached hydrogens (tertiary/aromatic N) is 3. The van der Waals surface area contributed by atoms with Crippen LogP contribution in [0.15, 0.2) is 79.3 Å². The van der Waals surface area contributed by atoms with Gasteiger partial charge in [-0.3, -0.25) is 4.79 Å². The Morgan fingerprint density at radius 3 is 2.41 bits per heavy atom. The minimum atomic E-state index is -0.303. The molecule has 0 aliphatic carbocycles. The number of anilines is 1. The Morgan fingerprint density at radius 1 is 0.966 bits per heavy atom. The van der Waals surface area contributed by atoms with Crippen molar-refractivity contribution < 1.29 is 14.3 Å². The molecule has 146 valence electrons. The molecule has 2 heterocycles. The number of ether oxygens (including phenoxy) is 2. The molecule has 0 radical (unpaired) electrons. The monoisotopic (exact) mass is 388 g/mol. The first-order chi connectivity index (χ1) is 14.2. The molecule has 0 saturated carbocycles. The third-order valence-corrected chi connectivity index (χ3v) is 4.49. The maximum absolute atomic E-state index is 13.2. The third kappa shape index (κ3) is 3.58. The first kappa shape index (κ1) is 18.4. The Labute approximate surface area is 168 Å². The van der Waals surface area contributed by atoms with Crippen LogP contribution < -0.4 is 14.8 Å². The predicted octanol–water partition coefficient (Wildman–Crippen LogP) is 3.93. The highest BCUT2D eigenvalue weighted by Gasteiger charge is 2.21. The van der Waals surface area contributed by atoms with E-state index in [2.05, 4.69) is 10.4 Å². The van der Waals surface area contributed by atoms with Gasteiger partial charge in [-0.2, -0.15) is 5.10 Å². The van der Waals surface area contributed by atoms with Crippen LogP contribution in [0.4, 0.5) is 5.69 Å². The quantitative estimate of drug-likeness (QED) is 0.543. The topological polar surface area (TPSA) is 70.3 Å². The first-order valence-corrected chi connectivity index (χ1v) is 9.01. The van der Waals surface area contributed by atoms with Crippen LogP contribution in [0.2, 0.25) is 0 Å². The van der Waals surface area contributed by atoms with Gasteiger partial charge in [-0.05, 0) is 36.4 Å². The second-order valence-electron chi connectivity index (χ2n) is 6.24. The number of para-hydroxylation sites is 1. The van der Waals surface area contributed by atoms with Gasteiger partial charge in [0.1, 0.15) is 17.1 Å². The van der Waals surface area contributed by atoms with Crippen molar-refractivity contribution in [2.24, 2.45) is 0 Å². The molecule has 0 saturated heterocycles. The van der Waals surface area contributed by atoms with Gasteiger partial charge in [-0.15, -0.1) is 0 Å². The number of carbonyl (C=O) groups excluding carboxylic acids is 1. The lowest BCUT2D eigenvalue weighted by molar-refractivity contribution is 0.102. The lowest BCUT2D eigenvalue weighted by atomic mass is 10.2. The highest BCUT2D eigenvalue weighted by atomic mass is 16.5. The summed E-state index contributed by atoms with van der Waals surface area (Å²) in [5.74, 6) is 1.49. The summed E-state index contributed by atoms with van der Waals surface area (Å²) in [4.78, 5) is 13.2. The molecule has 0 aliphatic heterocycles. The molecule has 1 N–H and O–H groups in total. The Kier molecular flexibility index (Phi) is 5.03. The van der Waals surface area contributed by atoms with Gasteiger partial charge in [0.2, 0.25) is 0 Å². The number of aromatic nitrogens is 3. The van der Waals surface area contributed by atoms with E-state index in [0.29, 0.717) is 28.6 Å². The first-order valence-electron chi connectivity index (χ1n) is 9.01. The van der Waals surface area contributed by atoms with Crippen molar-refractivity contribution in [1.29, 1.82) is 0 Å². The van der Waals surface area contributed by atoms with E-state index in [1.54, 1.807) is 43.3 Å². The van der Waals surface area contributed by atoms with Gasteiger partial charge in [-0.1, -0.05) is 18.2 Å². The van der Waals surface area contributed by atoms with Crippen molar-refractivity contribution >= 4 is 11.6 Å². The van der Waals surface area contributed by atoms with Crippen LogP contribution in [-0.2, 0) is 0 Å². The fourth-order valence-corrected chi connectivity index (χ4v) is 3.09. The molecular weight excluding hydrogens is 368 g/mol. The van der Waals surface area contributed by atoms with Crippen molar-refractivity contribution in [3.05, 3.63) is 84.8 Å². The van der Waals surface area contributed by atoms with Crippen LogP contribution in [0.25, 0.3) is 11.5 Å². The summed E-state index contributed by atoms with van der Waals surface area (Å²) in [6.07, 6.45) is 5.31. The number of nitrogens with one attached hydrogen (secondary N) is 1. The lowest BCUT2D eigenvalue weighted by Gasteiger charge is -2.13. The molecule has 2 aromatic carbocycles. The van der Waals surface area contributed by atoms with Crippen LogP contribution in [0.3, 0.4) is 0 Å². The molecule has 7 nitrogen and oxygen atoms in total. The normalized spacial score (nSPS) is 10.6. The maximum atomic E-state index is 13.2. The fourth-order valence-electron chi connectivity index (χ4n) is 3.09. The second-order valence-corrected chi connectivity index (χ2v) is 6.24. The van der Waals surface area contributed by atoms with Crippen molar-refractivity contribution in [3.8, 4) is 23.0 Å². The molecule has 29 heavy (non-hydrogen) atoms. The van der Waals surface area contributed by atoms with Crippen molar-refractivity contribution in [1.82, 2.24) is 14.3 Å². The molecule has 0 bridgehead atoms. The van der Waals surface area contributed by atoms with Gasteiger partial charge in [0.05, 0.1) is 31.8 Å². The average Bonchev–Trinajstić information content (AvgIpc) is 3.43. The number of carbonyl (C=O) groups is 1. The second kappa shape index (κ2) is 7.93. The summed E-state index contributed by atoms with van der Waals surface area (Å²) in [5, 5.41) is 7.37. The summed E-state index contributed by atoms with van der Waals surface area (Å²) >= 11 is 0. The van der Waals surface area contributed by atoms with E-state index in [1.807, 2.05) is 59.4 Å². The highest BCUT2D eigenvalue weighted by molar-refractivity contribution is 6.07. The molecule has 4 aromatic rings. The smallest absolute Gasteiger partial charge is 0.261 e. The molecule has 2 aromatic heterocycles. The minimum Gasteiger partial charge on any atom is -0.497 e. The molecular formula is C22H20N4O3. The molecule has 1 amide bonds. The number of benzene rings is 2. The van der Waals surface area contributed by atoms with Crippen LogP contribution in [0, 0.1) is 0 Å². The zero-order chi connectivity index (χ0) is 20.2. The van der Waals surface area contributed by atoms with E-state index in [-0.39, 0.29) is 5.91 Å². The molecule has 0 aliphatic rings. The van der Waals surface area contributed by atoms with Gasteiger partial charge in [-0.25, -0.2) is 4.68 Å². The Bertz CT molecular complexity index is 1120. The number of methoxy groups -OCH3 is 2. The zero-order valence-electron chi connectivity index (χ0n) is 16.1. The molecule has 0 fully saturated rings.